The molecular weight excluding hydrogens is 190 g/mol. The molecule has 84 valence electrons. The maximum atomic E-state index is 8.94. The van der Waals surface area contributed by atoms with Gasteiger partial charge in [0.05, 0.1) is 7.11 Å². The van der Waals surface area contributed by atoms with Gasteiger partial charge in [0.1, 0.15) is 5.75 Å². The van der Waals surface area contributed by atoms with Crippen molar-refractivity contribution in [3.8, 4) is 5.75 Å². The monoisotopic (exact) mass is 209 g/mol. The van der Waals surface area contributed by atoms with E-state index in [1.165, 1.54) is 5.56 Å². The number of rotatable bonds is 5. The molecule has 1 rings (SSSR count). The van der Waals surface area contributed by atoms with Gasteiger partial charge in [-0.2, -0.15) is 0 Å². The molecule has 0 heterocycles. The van der Waals surface area contributed by atoms with Crippen LogP contribution in [0.5, 0.6) is 5.75 Å². The van der Waals surface area contributed by atoms with Crippen LogP contribution in [0.3, 0.4) is 0 Å². The number of methoxy groups -OCH3 is 1. The molecule has 0 atom stereocenters. The minimum Gasteiger partial charge on any atom is -0.496 e. The number of nitrogens with two attached hydrogens (primary N) is 1. The standard InChI is InChI=1S/C12H19NO2/c1-9-7-12(15-2)11(3-5-13)8-10(9)4-6-14/h7-8,14H,3-6,13H2,1-2H3. The van der Waals surface area contributed by atoms with E-state index in [4.69, 9.17) is 15.6 Å². The zero-order valence-corrected chi connectivity index (χ0v) is 9.42. The Morgan fingerprint density at radius 1 is 1.27 bits per heavy atom. The Kier molecular flexibility index (Phi) is 4.59. The summed E-state index contributed by atoms with van der Waals surface area (Å²) < 4.78 is 5.29. The molecule has 15 heavy (non-hydrogen) atoms. The lowest BCUT2D eigenvalue weighted by Crippen LogP contribution is -2.06. The molecule has 0 bridgehead atoms. The summed E-state index contributed by atoms with van der Waals surface area (Å²) in [6.45, 7) is 2.81. The van der Waals surface area contributed by atoms with Crippen molar-refractivity contribution in [2.45, 2.75) is 19.8 Å². The lowest BCUT2D eigenvalue weighted by molar-refractivity contribution is 0.299. The Bertz CT molecular complexity index is 324. The Morgan fingerprint density at radius 2 is 2.00 bits per heavy atom. The fourth-order valence-corrected chi connectivity index (χ4v) is 1.71. The molecular formula is C12H19NO2. The van der Waals surface area contributed by atoms with E-state index in [2.05, 4.69) is 6.07 Å². The van der Waals surface area contributed by atoms with Crippen molar-refractivity contribution in [3.63, 3.8) is 0 Å². The van der Waals surface area contributed by atoms with E-state index < -0.39 is 0 Å². The molecule has 0 fully saturated rings. The SMILES string of the molecule is COc1cc(C)c(CCO)cc1CCN. The summed E-state index contributed by atoms with van der Waals surface area (Å²) in [5.74, 6) is 0.889. The first-order valence-corrected chi connectivity index (χ1v) is 5.20. The van der Waals surface area contributed by atoms with Gasteiger partial charge >= 0.3 is 0 Å². The molecule has 3 nitrogen and oxygen atoms in total. The average molecular weight is 209 g/mol. The minimum absolute atomic E-state index is 0.176. The van der Waals surface area contributed by atoms with Gasteiger partial charge in [0.15, 0.2) is 0 Å². The quantitative estimate of drug-likeness (QED) is 0.762. The lowest BCUT2D eigenvalue weighted by Gasteiger charge is -2.12. The molecule has 0 aliphatic carbocycles. The molecule has 0 aliphatic heterocycles. The Balaban J connectivity index is 3.05. The van der Waals surface area contributed by atoms with E-state index in [-0.39, 0.29) is 6.61 Å². The summed E-state index contributed by atoms with van der Waals surface area (Å²) in [6.07, 6.45) is 1.50. The van der Waals surface area contributed by atoms with Crippen LogP contribution in [0.1, 0.15) is 16.7 Å². The second kappa shape index (κ2) is 5.73. The third-order valence-electron chi connectivity index (χ3n) is 2.53. The number of benzene rings is 1. The second-order valence-electron chi connectivity index (χ2n) is 3.60. The van der Waals surface area contributed by atoms with Gasteiger partial charge in [-0.3, -0.25) is 0 Å². The molecule has 0 unspecified atom stereocenters. The van der Waals surface area contributed by atoms with E-state index in [9.17, 15) is 0 Å². The molecule has 0 saturated heterocycles. The summed E-state index contributed by atoms with van der Waals surface area (Å²) in [6, 6.07) is 4.09. The van der Waals surface area contributed by atoms with Gasteiger partial charge in [0.2, 0.25) is 0 Å². The van der Waals surface area contributed by atoms with E-state index in [0.717, 1.165) is 23.3 Å². The smallest absolute Gasteiger partial charge is 0.122 e. The zero-order chi connectivity index (χ0) is 11.3. The molecule has 1 aromatic carbocycles. The molecule has 0 radical (unpaired) electrons. The Morgan fingerprint density at radius 3 is 2.53 bits per heavy atom. The number of aryl methyl sites for hydroxylation is 1. The number of aliphatic hydroxyl groups is 1. The van der Waals surface area contributed by atoms with Crippen LogP contribution >= 0.6 is 0 Å². The van der Waals surface area contributed by atoms with Crippen molar-refractivity contribution >= 4 is 0 Å². The normalized spacial score (nSPS) is 10.4. The molecule has 0 aromatic heterocycles. The van der Waals surface area contributed by atoms with Gasteiger partial charge in [-0.1, -0.05) is 6.07 Å². The third-order valence-corrected chi connectivity index (χ3v) is 2.53. The van der Waals surface area contributed by atoms with E-state index in [1.807, 2.05) is 13.0 Å². The van der Waals surface area contributed by atoms with Gasteiger partial charge < -0.3 is 15.6 Å². The van der Waals surface area contributed by atoms with Crippen molar-refractivity contribution in [3.05, 3.63) is 28.8 Å². The highest BCUT2D eigenvalue weighted by Gasteiger charge is 2.07. The zero-order valence-electron chi connectivity index (χ0n) is 9.42. The van der Waals surface area contributed by atoms with Gasteiger partial charge in [0.25, 0.3) is 0 Å². The van der Waals surface area contributed by atoms with Crippen LogP contribution in [-0.2, 0) is 12.8 Å². The van der Waals surface area contributed by atoms with Crippen LogP contribution in [0, 0.1) is 6.92 Å². The molecule has 0 amide bonds. The van der Waals surface area contributed by atoms with Crippen molar-refractivity contribution < 1.29 is 9.84 Å². The van der Waals surface area contributed by atoms with Crippen molar-refractivity contribution in [2.24, 2.45) is 5.73 Å². The van der Waals surface area contributed by atoms with Gasteiger partial charge in [-0.15, -0.1) is 0 Å². The predicted molar refractivity (Wildman–Crippen MR) is 61.3 cm³/mol. The predicted octanol–water partition coefficient (Wildman–Crippen LogP) is 1.04. The molecule has 1 aromatic rings. The maximum absolute atomic E-state index is 8.94. The van der Waals surface area contributed by atoms with Gasteiger partial charge in [-0.05, 0) is 49.1 Å². The van der Waals surface area contributed by atoms with Crippen LogP contribution in [-0.4, -0.2) is 25.4 Å². The van der Waals surface area contributed by atoms with Crippen LogP contribution in [0.15, 0.2) is 12.1 Å². The largest absolute Gasteiger partial charge is 0.496 e. The van der Waals surface area contributed by atoms with Crippen molar-refractivity contribution in [1.82, 2.24) is 0 Å². The number of ether oxygens (including phenoxy) is 1. The second-order valence-corrected chi connectivity index (χ2v) is 3.60. The summed E-state index contributed by atoms with van der Waals surface area (Å²) in [5.41, 5.74) is 8.98. The van der Waals surface area contributed by atoms with Crippen LogP contribution in [0.25, 0.3) is 0 Å². The van der Waals surface area contributed by atoms with Crippen LogP contribution in [0.2, 0.25) is 0 Å². The maximum Gasteiger partial charge on any atom is 0.122 e. The summed E-state index contributed by atoms with van der Waals surface area (Å²) in [4.78, 5) is 0. The first-order valence-electron chi connectivity index (χ1n) is 5.20. The third kappa shape index (κ3) is 2.94. The minimum atomic E-state index is 0.176. The fraction of sp³-hybridized carbons (Fsp3) is 0.500. The Labute approximate surface area is 90.9 Å². The molecule has 0 saturated carbocycles. The van der Waals surface area contributed by atoms with E-state index in [0.29, 0.717) is 13.0 Å². The summed E-state index contributed by atoms with van der Waals surface area (Å²) >= 11 is 0. The molecule has 3 N–H and O–H groups in total. The highest BCUT2D eigenvalue weighted by molar-refractivity contribution is 5.42. The highest BCUT2D eigenvalue weighted by atomic mass is 16.5. The lowest BCUT2D eigenvalue weighted by atomic mass is 10.00. The molecule has 0 spiro atoms. The number of hydrogen-bond acceptors (Lipinski definition) is 3. The molecule has 0 aliphatic rings. The van der Waals surface area contributed by atoms with Crippen LogP contribution in [0.4, 0.5) is 0 Å². The van der Waals surface area contributed by atoms with Crippen molar-refractivity contribution in [2.75, 3.05) is 20.3 Å². The van der Waals surface area contributed by atoms with Crippen LogP contribution < -0.4 is 10.5 Å². The van der Waals surface area contributed by atoms with Gasteiger partial charge in [-0.25, -0.2) is 0 Å². The first kappa shape index (κ1) is 12.0. The topological polar surface area (TPSA) is 55.5 Å². The number of aliphatic hydroxyl groups excluding tert-OH is 1. The Hall–Kier alpha value is -1.06. The highest BCUT2D eigenvalue weighted by Crippen LogP contribution is 2.23. The average Bonchev–Trinajstić information content (AvgIpc) is 2.23. The summed E-state index contributed by atoms with van der Waals surface area (Å²) in [7, 11) is 1.67. The fourth-order valence-electron chi connectivity index (χ4n) is 1.71. The molecule has 3 heteroatoms. The first-order chi connectivity index (χ1) is 7.22. The van der Waals surface area contributed by atoms with Gasteiger partial charge in [0, 0.05) is 6.61 Å². The number of hydrogen-bond donors (Lipinski definition) is 2. The van der Waals surface area contributed by atoms with Crippen molar-refractivity contribution in [1.29, 1.82) is 0 Å². The van der Waals surface area contributed by atoms with E-state index in [1.54, 1.807) is 7.11 Å². The summed E-state index contributed by atoms with van der Waals surface area (Å²) in [5, 5.41) is 8.94. The van der Waals surface area contributed by atoms with E-state index >= 15 is 0 Å².